The molecule has 1 unspecified atom stereocenters. The first-order chi connectivity index (χ1) is 15.3. The second-order valence-corrected chi connectivity index (χ2v) is 11.6. The molecule has 12 heteroatoms. The lowest BCUT2D eigenvalue weighted by molar-refractivity contribution is 0.0486. The van der Waals surface area contributed by atoms with E-state index in [-0.39, 0.29) is 12.2 Å². The van der Waals surface area contributed by atoms with Gasteiger partial charge in [0.1, 0.15) is 16.7 Å². The van der Waals surface area contributed by atoms with Crippen molar-refractivity contribution in [1.82, 2.24) is 20.4 Å². The van der Waals surface area contributed by atoms with Gasteiger partial charge in [-0.2, -0.15) is 5.10 Å². The monoisotopic (exact) mass is 486 g/mol. The zero-order valence-electron chi connectivity index (χ0n) is 18.4. The van der Waals surface area contributed by atoms with Gasteiger partial charge in [0.2, 0.25) is 0 Å². The predicted molar refractivity (Wildman–Crippen MR) is 112 cm³/mol. The summed E-state index contributed by atoms with van der Waals surface area (Å²) in [4.78, 5) is 14.4. The lowest BCUT2D eigenvalue weighted by atomic mass is 9.97. The molecule has 2 N–H and O–H groups in total. The van der Waals surface area contributed by atoms with E-state index in [1.165, 1.54) is 0 Å². The van der Waals surface area contributed by atoms with Crippen LogP contribution in [0.25, 0.3) is 0 Å². The number of halogens is 3. The van der Waals surface area contributed by atoms with E-state index in [1.807, 2.05) is 4.90 Å². The molecule has 0 saturated carbocycles. The number of amides is 1. The van der Waals surface area contributed by atoms with Crippen LogP contribution in [0.1, 0.15) is 49.3 Å². The highest BCUT2D eigenvalue weighted by molar-refractivity contribution is 7.91. The number of nitrogens with zero attached hydrogens (tertiary/aromatic N) is 2. The molecule has 0 aliphatic carbocycles. The molecule has 1 aromatic heterocycles. The summed E-state index contributed by atoms with van der Waals surface area (Å²) in [5.41, 5.74) is 0.211. The maximum atomic E-state index is 14.7. The van der Waals surface area contributed by atoms with Gasteiger partial charge in [-0.05, 0) is 33.3 Å². The minimum atomic E-state index is -4.14. The number of ether oxygens (including phenoxy) is 1. The van der Waals surface area contributed by atoms with Gasteiger partial charge in [-0.15, -0.1) is 0 Å². The largest absolute Gasteiger partial charge is 0.444 e. The number of hydrogen-bond donors (Lipinski definition) is 2. The lowest BCUT2D eigenvalue weighted by Gasteiger charge is -2.40. The van der Waals surface area contributed by atoms with Crippen molar-refractivity contribution in [1.29, 1.82) is 0 Å². The molecule has 180 valence electrons. The Hall–Kier alpha value is -2.60. The van der Waals surface area contributed by atoms with Crippen molar-refractivity contribution in [2.75, 3.05) is 5.75 Å². The molecule has 3 heterocycles. The van der Waals surface area contributed by atoms with Crippen LogP contribution in [0.5, 0.6) is 0 Å². The summed E-state index contributed by atoms with van der Waals surface area (Å²) in [6.45, 7) is 5.78. The molecule has 8 nitrogen and oxygen atoms in total. The first-order valence-corrected chi connectivity index (χ1v) is 12.2. The first-order valence-electron chi connectivity index (χ1n) is 10.4. The summed E-state index contributed by atoms with van der Waals surface area (Å²) in [5, 5.41) is 7.74. The van der Waals surface area contributed by atoms with E-state index >= 15 is 0 Å². The average molecular weight is 487 g/mol. The Labute approximate surface area is 189 Å². The molecule has 1 saturated heterocycles. The van der Waals surface area contributed by atoms with Gasteiger partial charge < -0.3 is 10.1 Å². The summed E-state index contributed by atoms with van der Waals surface area (Å²) >= 11 is 0. The number of rotatable bonds is 3. The van der Waals surface area contributed by atoms with Crippen LogP contribution in [0.15, 0.2) is 18.3 Å². The molecule has 2 aliphatic rings. The van der Waals surface area contributed by atoms with Gasteiger partial charge in [-0.25, -0.2) is 26.4 Å². The van der Waals surface area contributed by atoms with Crippen LogP contribution < -0.4 is 5.32 Å². The quantitative estimate of drug-likeness (QED) is 0.647. The van der Waals surface area contributed by atoms with Gasteiger partial charge in [0, 0.05) is 42.5 Å². The Morgan fingerprint density at radius 2 is 1.97 bits per heavy atom. The molecule has 1 amide bonds. The fourth-order valence-corrected chi connectivity index (χ4v) is 6.82. The van der Waals surface area contributed by atoms with Crippen molar-refractivity contribution >= 4 is 15.9 Å². The predicted octanol–water partition coefficient (Wildman–Crippen LogP) is 2.96. The highest BCUT2D eigenvalue weighted by Gasteiger charge is 2.47. The molecule has 33 heavy (non-hydrogen) atoms. The third-order valence-electron chi connectivity index (χ3n) is 5.78. The zero-order valence-corrected chi connectivity index (χ0v) is 19.2. The fourth-order valence-electron chi connectivity index (χ4n) is 4.49. The molecule has 3 atom stereocenters. The number of nitrogens with one attached hydrogen (secondary N) is 2. The van der Waals surface area contributed by atoms with E-state index in [0.717, 1.165) is 11.3 Å². The third-order valence-corrected chi connectivity index (χ3v) is 7.99. The molecule has 0 bridgehead atoms. The molecule has 4 rings (SSSR count). The average Bonchev–Trinajstić information content (AvgIpc) is 3.24. The van der Waals surface area contributed by atoms with E-state index in [9.17, 15) is 26.4 Å². The molecular weight excluding hydrogens is 461 g/mol. The molecule has 2 aromatic rings. The van der Waals surface area contributed by atoms with E-state index < -0.39 is 61.9 Å². The zero-order chi connectivity index (χ0) is 24.1. The number of sulfone groups is 1. The molecule has 1 aromatic carbocycles. The molecular formula is C21H25F3N4O4S. The number of aromatic nitrogens is 2. The summed E-state index contributed by atoms with van der Waals surface area (Å²) in [5.74, 6) is -4.43. The van der Waals surface area contributed by atoms with Crippen LogP contribution in [0.2, 0.25) is 0 Å². The second-order valence-electron chi connectivity index (χ2n) is 9.45. The van der Waals surface area contributed by atoms with E-state index in [0.29, 0.717) is 25.2 Å². The summed E-state index contributed by atoms with van der Waals surface area (Å²) in [7, 11) is -4.14. The van der Waals surface area contributed by atoms with Gasteiger partial charge >= 0.3 is 6.09 Å². The van der Waals surface area contributed by atoms with Crippen LogP contribution in [0.4, 0.5) is 18.0 Å². The number of carbonyl (C=O) groups excluding carboxylic acids is 1. The molecule has 0 radical (unpaired) electrons. The Bertz CT molecular complexity index is 1160. The third kappa shape index (κ3) is 4.86. The number of H-pyrrole nitrogens is 1. The maximum Gasteiger partial charge on any atom is 0.407 e. The van der Waals surface area contributed by atoms with E-state index in [1.54, 1.807) is 27.0 Å². The fraction of sp³-hybridized carbons (Fsp3) is 0.524. The topological polar surface area (TPSA) is 104 Å². The molecule has 2 aliphatic heterocycles. The van der Waals surface area contributed by atoms with Gasteiger partial charge in [0.25, 0.3) is 0 Å². The van der Waals surface area contributed by atoms with E-state index in [4.69, 9.17) is 4.74 Å². The SMILES string of the molecule is CC(C)(C)OC(=O)N[C@H]1C[C@@H](N2Cc3c[nH]nc3C2)CS(=O)(=O)C1c1cc(F)cc(F)c1F. The minimum absolute atomic E-state index is 0.106. The summed E-state index contributed by atoms with van der Waals surface area (Å²) in [6.07, 6.45) is 0.936. The Morgan fingerprint density at radius 1 is 1.24 bits per heavy atom. The Morgan fingerprint density at radius 3 is 2.64 bits per heavy atom. The Balaban J connectivity index is 1.68. The second kappa shape index (κ2) is 8.32. The summed E-state index contributed by atoms with van der Waals surface area (Å²) < 4.78 is 74.5. The standard InChI is InChI=1S/C21H25F3N4O4S/c1-21(2,3)32-20(29)26-16-6-13(28-8-11-7-25-27-17(11)9-28)10-33(30,31)19(16)14-4-12(22)5-15(23)18(14)24/h4-5,7,13,16,19H,6,8-10H2,1-3H3,(H,25,27)(H,26,29)/t13-,16+,19?/m1/s1. The highest BCUT2D eigenvalue weighted by Crippen LogP contribution is 2.39. The van der Waals surface area contributed by atoms with Crippen molar-refractivity contribution in [2.45, 2.75) is 63.2 Å². The molecule has 0 spiro atoms. The van der Waals surface area contributed by atoms with Crippen LogP contribution >= 0.6 is 0 Å². The number of alkyl carbamates (subject to hydrolysis) is 1. The number of carbonyl (C=O) groups is 1. The van der Waals surface area contributed by atoms with E-state index in [2.05, 4.69) is 15.5 Å². The smallest absolute Gasteiger partial charge is 0.407 e. The van der Waals surface area contributed by atoms with Crippen molar-refractivity contribution in [3.05, 3.63) is 52.6 Å². The maximum absolute atomic E-state index is 14.7. The molecule has 1 fully saturated rings. The van der Waals surface area contributed by atoms with Crippen LogP contribution in [0.3, 0.4) is 0 Å². The summed E-state index contributed by atoms with van der Waals surface area (Å²) in [6, 6.07) is -0.690. The number of fused-ring (bicyclic) bond motifs is 1. The highest BCUT2D eigenvalue weighted by atomic mass is 32.2. The number of benzene rings is 1. The Kier molecular flexibility index (Phi) is 5.94. The van der Waals surface area contributed by atoms with Crippen molar-refractivity contribution in [3.63, 3.8) is 0 Å². The minimum Gasteiger partial charge on any atom is -0.444 e. The van der Waals surface area contributed by atoms with Gasteiger partial charge in [0.15, 0.2) is 21.5 Å². The van der Waals surface area contributed by atoms with Crippen molar-refractivity contribution in [3.8, 4) is 0 Å². The van der Waals surface area contributed by atoms with Gasteiger partial charge in [-0.1, -0.05) is 0 Å². The lowest BCUT2D eigenvalue weighted by Crippen LogP contribution is -2.54. The van der Waals surface area contributed by atoms with Crippen molar-refractivity contribution in [2.24, 2.45) is 0 Å². The van der Waals surface area contributed by atoms with Gasteiger partial charge in [-0.3, -0.25) is 10.00 Å². The number of aromatic amines is 1. The normalized spacial score (nSPS) is 25.0. The van der Waals surface area contributed by atoms with Crippen molar-refractivity contribution < 1.29 is 31.1 Å². The van der Waals surface area contributed by atoms with Crippen LogP contribution in [-0.4, -0.2) is 53.0 Å². The van der Waals surface area contributed by atoms with Crippen LogP contribution in [0, 0.1) is 17.5 Å². The van der Waals surface area contributed by atoms with Crippen LogP contribution in [-0.2, 0) is 27.7 Å². The number of hydrogen-bond acceptors (Lipinski definition) is 6. The van der Waals surface area contributed by atoms with Gasteiger partial charge in [0.05, 0.1) is 17.5 Å². The first kappa shape index (κ1) is 23.6.